The molecule has 0 aliphatic carbocycles. The molecule has 0 saturated carbocycles. The molecule has 0 aliphatic rings. The highest BCUT2D eigenvalue weighted by Gasteiger charge is 2.15. The molecule has 1 atom stereocenters. The van der Waals surface area contributed by atoms with Crippen molar-refractivity contribution in [2.45, 2.75) is 39.9 Å². The topological polar surface area (TPSA) is 64.7 Å². The van der Waals surface area contributed by atoms with Crippen LogP contribution in [0.2, 0.25) is 5.02 Å². The zero-order valence-corrected chi connectivity index (χ0v) is 12.6. The molecule has 20 heavy (non-hydrogen) atoms. The fraction of sp³-hybridized carbons (Fsp3) is 0.462. The quantitative estimate of drug-likeness (QED) is 0.917. The average molecular weight is 296 g/mol. The van der Waals surface area contributed by atoms with Crippen molar-refractivity contribution < 1.29 is 4.79 Å². The van der Waals surface area contributed by atoms with Crippen molar-refractivity contribution in [1.82, 2.24) is 24.9 Å². The van der Waals surface area contributed by atoms with Gasteiger partial charge in [-0.2, -0.15) is 10.2 Å². The minimum Gasteiger partial charge on any atom is -0.348 e. The third-order valence-electron chi connectivity index (χ3n) is 3.19. The lowest BCUT2D eigenvalue weighted by Gasteiger charge is -2.14. The van der Waals surface area contributed by atoms with Gasteiger partial charge >= 0.3 is 0 Å². The summed E-state index contributed by atoms with van der Waals surface area (Å²) in [6, 6.07) is -0.0890. The minimum absolute atomic E-state index is 0.0890. The minimum atomic E-state index is -0.110. The van der Waals surface area contributed by atoms with Gasteiger partial charge in [-0.3, -0.25) is 14.2 Å². The first-order valence-corrected chi connectivity index (χ1v) is 6.88. The third-order valence-corrected chi connectivity index (χ3v) is 3.39. The number of nitrogens with one attached hydrogen (secondary N) is 1. The molecule has 0 radical (unpaired) electrons. The number of halogens is 1. The third kappa shape index (κ3) is 3.19. The Bertz CT molecular complexity index is 604. The van der Waals surface area contributed by atoms with Gasteiger partial charge in [0, 0.05) is 24.0 Å². The summed E-state index contributed by atoms with van der Waals surface area (Å²) in [4.78, 5) is 12.0. The summed E-state index contributed by atoms with van der Waals surface area (Å²) < 4.78 is 3.41. The van der Waals surface area contributed by atoms with E-state index >= 15 is 0 Å². The smallest absolute Gasteiger partial charge is 0.242 e. The van der Waals surface area contributed by atoms with Gasteiger partial charge < -0.3 is 5.32 Å². The van der Waals surface area contributed by atoms with Gasteiger partial charge in [0.15, 0.2) is 0 Å². The molecule has 1 amide bonds. The number of aryl methyl sites for hydroxylation is 1. The zero-order chi connectivity index (χ0) is 14.7. The summed E-state index contributed by atoms with van der Waals surface area (Å²) in [5.74, 6) is -0.110. The summed E-state index contributed by atoms with van der Waals surface area (Å²) in [6.07, 6.45) is 4.93. The molecule has 6 nitrogen and oxygen atoms in total. The highest BCUT2D eigenvalue weighted by Crippen LogP contribution is 2.16. The second kappa shape index (κ2) is 6.09. The number of amides is 1. The first-order valence-electron chi connectivity index (χ1n) is 6.51. The van der Waals surface area contributed by atoms with Crippen LogP contribution in [-0.2, 0) is 17.9 Å². The highest BCUT2D eigenvalue weighted by atomic mass is 35.5. The molecule has 2 aromatic rings. The maximum Gasteiger partial charge on any atom is 0.242 e. The van der Waals surface area contributed by atoms with E-state index in [1.54, 1.807) is 12.4 Å². The number of nitrogens with zero attached hydrogens (tertiary/aromatic N) is 4. The number of carbonyl (C=O) groups is 1. The molecule has 2 rings (SSSR count). The van der Waals surface area contributed by atoms with E-state index in [4.69, 9.17) is 11.6 Å². The molecule has 0 spiro atoms. The Morgan fingerprint density at radius 1 is 1.45 bits per heavy atom. The second-order valence-electron chi connectivity index (χ2n) is 4.65. The van der Waals surface area contributed by atoms with Crippen molar-refractivity contribution in [2.75, 3.05) is 0 Å². The summed E-state index contributed by atoms with van der Waals surface area (Å²) >= 11 is 5.76. The van der Waals surface area contributed by atoms with Crippen molar-refractivity contribution in [3.05, 3.63) is 34.9 Å². The lowest BCUT2D eigenvalue weighted by atomic mass is 10.1. The normalized spacial score (nSPS) is 12.4. The number of carbonyl (C=O) groups excluding carboxylic acids is 1. The Labute approximate surface area is 122 Å². The first kappa shape index (κ1) is 14.6. The molecule has 2 heterocycles. The Kier molecular flexibility index (Phi) is 4.44. The van der Waals surface area contributed by atoms with Crippen LogP contribution in [0.1, 0.15) is 31.1 Å². The van der Waals surface area contributed by atoms with Gasteiger partial charge in [0.25, 0.3) is 0 Å². The Balaban J connectivity index is 1.98. The summed E-state index contributed by atoms with van der Waals surface area (Å²) in [5.41, 5.74) is 2.10. The molecule has 1 N–H and O–H groups in total. The molecule has 0 aromatic carbocycles. The van der Waals surface area contributed by atoms with Crippen LogP contribution < -0.4 is 5.32 Å². The van der Waals surface area contributed by atoms with Gasteiger partial charge in [-0.25, -0.2) is 0 Å². The lowest BCUT2D eigenvalue weighted by molar-refractivity contribution is -0.122. The molecular weight excluding hydrogens is 278 g/mol. The zero-order valence-electron chi connectivity index (χ0n) is 11.8. The van der Waals surface area contributed by atoms with Crippen LogP contribution in [0.5, 0.6) is 0 Å². The van der Waals surface area contributed by atoms with E-state index in [1.807, 2.05) is 25.5 Å². The van der Waals surface area contributed by atoms with Crippen LogP contribution in [0.25, 0.3) is 0 Å². The van der Waals surface area contributed by atoms with E-state index in [0.717, 1.165) is 17.8 Å². The monoisotopic (exact) mass is 295 g/mol. The fourth-order valence-corrected chi connectivity index (χ4v) is 2.30. The molecule has 0 aliphatic heterocycles. The average Bonchev–Trinajstić information content (AvgIpc) is 2.95. The summed E-state index contributed by atoms with van der Waals surface area (Å²) in [6.45, 7) is 6.95. The van der Waals surface area contributed by atoms with Crippen LogP contribution >= 0.6 is 11.6 Å². The Hall–Kier alpha value is -1.82. The Morgan fingerprint density at radius 3 is 2.75 bits per heavy atom. The van der Waals surface area contributed by atoms with Gasteiger partial charge in [0.05, 0.1) is 23.5 Å². The van der Waals surface area contributed by atoms with Gasteiger partial charge in [0.2, 0.25) is 5.91 Å². The molecule has 2 aromatic heterocycles. The predicted octanol–water partition coefficient (Wildman–Crippen LogP) is 1.94. The van der Waals surface area contributed by atoms with Crippen LogP contribution in [0.3, 0.4) is 0 Å². The summed E-state index contributed by atoms with van der Waals surface area (Å²) in [7, 11) is 0. The van der Waals surface area contributed by atoms with Crippen LogP contribution in [-0.4, -0.2) is 25.5 Å². The van der Waals surface area contributed by atoms with Crippen molar-refractivity contribution in [2.24, 2.45) is 0 Å². The van der Waals surface area contributed by atoms with Crippen LogP contribution in [0.15, 0.2) is 18.6 Å². The number of hydrogen-bond acceptors (Lipinski definition) is 3. The molecular formula is C13H18ClN5O. The van der Waals surface area contributed by atoms with E-state index in [9.17, 15) is 4.79 Å². The van der Waals surface area contributed by atoms with E-state index in [1.165, 1.54) is 10.9 Å². The van der Waals surface area contributed by atoms with Gasteiger partial charge in [-0.05, 0) is 20.8 Å². The molecule has 1 unspecified atom stereocenters. The molecule has 0 bridgehead atoms. The van der Waals surface area contributed by atoms with E-state index in [0.29, 0.717) is 5.02 Å². The Morgan fingerprint density at radius 2 is 2.20 bits per heavy atom. The highest BCUT2D eigenvalue weighted by molar-refractivity contribution is 6.30. The number of hydrogen-bond donors (Lipinski definition) is 1. The molecule has 0 saturated heterocycles. The fourth-order valence-electron chi connectivity index (χ4n) is 2.14. The van der Waals surface area contributed by atoms with Crippen molar-refractivity contribution in [3.8, 4) is 0 Å². The number of aromatic nitrogens is 4. The standard InChI is InChI=1S/C13H18ClN5O/c1-4-19-10(3)12(6-16-19)9(2)17-13(20)8-18-7-11(14)5-15-18/h5-7,9H,4,8H2,1-3H3,(H,17,20). The van der Waals surface area contributed by atoms with E-state index < -0.39 is 0 Å². The van der Waals surface area contributed by atoms with E-state index in [2.05, 4.69) is 15.5 Å². The maximum atomic E-state index is 12.0. The van der Waals surface area contributed by atoms with Gasteiger partial charge in [0.1, 0.15) is 6.54 Å². The van der Waals surface area contributed by atoms with Crippen LogP contribution in [0.4, 0.5) is 0 Å². The lowest BCUT2D eigenvalue weighted by Crippen LogP contribution is -2.30. The molecule has 108 valence electrons. The van der Waals surface area contributed by atoms with Crippen molar-refractivity contribution in [3.63, 3.8) is 0 Å². The van der Waals surface area contributed by atoms with Crippen LogP contribution in [0, 0.1) is 6.92 Å². The van der Waals surface area contributed by atoms with E-state index in [-0.39, 0.29) is 18.5 Å². The SMILES string of the molecule is CCn1ncc(C(C)NC(=O)Cn2cc(Cl)cn2)c1C. The first-order chi connectivity index (χ1) is 9.51. The van der Waals surface area contributed by atoms with Crippen molar-refractivity contribution in [1.29, 1.82) is 0 Å². The maximum absolute atomic E-state index is 12.0. The largest absolute Gasteiger partial charge is 0.348 e. The second-order valence-corrected chi connectivity index (χ2v) is 5.08. The number of rotatable bonds is 5. The van der Waals surface area contributed by atoms with Crippen molar-refractivity contribution >= 4 is 17.5 Å². The molecule has 7 heteroatoms. The summed E-state index contributed by atoms with van der Waals surface area (Å²) in [5, 5.41) is 11.7. The van der Waals surface area contributed by atoms with Gasteiger partial charge in [-0.15, -0.1) is 0 Å². The predicted molar refractivity (Wildman–Crippen MR) is 76.4 cm³/mol. The molecule has 0 fully saturated rings. The van der Waals surface area contributed by atoms with Gasteiger partial charge in [-0.1, -0.05) is 11.6 Å².